The van der Waals surface area contributed by atoms with Crippen LogP contribution in [0.2, 0.25) is 0 Å². The van der Waals surface area contributed by atoms with Crippen molar-refractivity contribution in [2.75, 3.05) is 5.32 Å². The number of nitrogens with zero attached hydrogens (tertiary/aromatic N) is 4. The summed E-state index contributed by atoms with van der Waals surface area (Å²) in [6.07, 6.45) is 0.821. The Balaban J connectivity index is 2.10. The van der Waals surface area contributed by atoms with Crippen molar-refractivity contribution in [2.24, 2.45) is 7.05 Å². The first kappa shape index (κ1) is 17.3. The number of nitrogens with one attached hydrogen (secondary N) is 2. The Hall–Kier alpha value is -2.03. The molecule has 0 aromatic carbocycles. The Morgan fingerprint density at radius 2 is 2.13 bits per heavy atom. The van der Waals surface area contributed by atoms with Crippen molar-refractivity contribution in [3.63, 3.8) is 0 Å². The molecule has 0 bridgehead atoms. The smallest absolute Gasteiger partial charge is 0.322 e. The second-order valence-electron chi connectivity index (χ2n) is 5.38. The molecule has 2 heterocycles. The molecule has 1 amide bonds. The summed E-state index contributed by atoms with van der Waals surface area (Å²) in [5, 5.41) is 13.8. The summed E-state index contributed by atoms with van der Waals surface area (Å²) in [5.41, 5.74) is 2.16. The molecule has 0 saturated heterocycles. The van der Waals surface area contributed by atoms with Crippen LogP contribution in [0.15, 0.2) is 9.95 Å². The van der Waals surface area contributed by atoms with Crippen molar-refractivity contribution in [3.05, 3.63) is 21.9 Å². The van der Waals surface area contributed by atoms with Gasteiger partial charge in [0.15, 0.2) is 5.16 Å². The van der Waals surface area contributed by atoms with E-state index in [4.69, 9.17) is 0 Å². The van der Waals surface area contributed by atoms with Crippen molar-refractivity contribution in [1.82, 2.24) is 24.5 Å². The normalized spacial score (nSPS) is 12.4. The predicted molar refractivity (Wildman–Crippen MR) is 89.8 cm³/mol. The summed E-state index contributed by atoms with van der Waals surface area (Å²) >= 11 is 1.26. The third-order valence-electron chi connectivity index (χ3n) is 3.58. The van der Waals surface area contributed by atoms with Gasteiger partial charge in [-0.1, -0.05) is 18.7 Å². The van der Waals surface area contributed by atoms with Crippen molar-refractivity contribution in [1.29, 1.82) is 0 Å². The summed E-state index contributed by atoms with van der Waals surface area (Å²) in [5.74, 6) is -0.146. The molecular formula is C14H22N6O2S. The minimum absolute atomic E-state index is 0.146. The molecule has 0 saturated carbocycles. The van der Waals surface area contributed by atoms with Crippen LogP contribution in [0.25, 0.3) is 0 Å². The summed E-state index contributed by atoms with van der Waals surface area (Å²) < 4.78 is 3.28. The Morgan fingerprint density at radius 1 is 1.43 bits per heavy atom. The highest BCUT2D eigenvalue weighted by Crippen LogP contribution is 2.23. The fourth-order valence-electron chi connectivity index (χ4n) is 2.20. The average Bonchev–Trinajstić information content (AvgIpc) is 2.95. The van der Waals surface area contributed by atoms with Crippen molar-refractivity contribution in [2.45, 2.75) is 51.1 Å². The number of rotatable bonds is 6. The quantitative estimate of drug-likeness (QED) is 0.777. The van der Waals surface area contributed by atoms with Gasteiger partial charge in [0.2, 0.25) is 5.91 Å². The number of amides is 1. The molecule has 1 atom stereocenters. The number of thioether (sulfide) groups is 1. The standard InChI is InChI=1S/C14H22N6O2S/c1-6-7-20-13(22)16-17-14(20)23-10(4)12(21)15-11-8(2)18-19(5)9(11)3/h10H,6-7H2,1-5H3,(H,15,21)(H,16,22)/t10-/m1/s1. The third kappa shape index (κ3) is 3.66. The first-order chi connectivity index (χ1) is 10.8. The van der Waals surface area contributed by atoms with E-state index in [0.29, 0.717) is 11.7 Å². The minimum Gasteiger partial charge on any atom is -0.322 e. The average molecular weight is 338 g/mol. The van der Waals surface area contributed by atoms with Crippen molar-refractivity contribution >= 4 is 23.4 Å². The van der Waals surface area contributed by atoms with E-state index in [1.165, 1.54) is 11.8 Å². The highest BCUT2D eigenvalue weighted by molar-refractivity contribution is 8.00. The molecule has 8 nitrogen and oxygen atoms in total. The van der Waals surface area contributed by atoms with Gasteiger partial charge in [-0.2, -0.15) is 5.10 Å². The summed E-state index contributed by atoms with van der Waals surface area (Å²) in [6, 6.07) is 0. The zero-order valence-corrected chi connectivity index (χ0v) is 14.8. The van der Waals surface area contributed by atoms with E-state index in [2.05, 4.69) is 20.6 Å². The Labute approximate surface area is 138 Å². The molecule has 0 fully saturated rings. The number of H-pyrrole nitrogens is 1. The lowest BCUT2D eigenvalue weighted by Gasteiger charge is -2.12. The molecule has 0 aliphatic carbocycles. The van der Waals surface area contributed by atoms with Crippen LogP contribution >= 0.6 is 11.8 Å². The second-order valence-corrected chi connectivity index (χ2v) is 6.69. The molecule has 0 spiro atoms. The Bertz CT molecular complexity index is 760. The predicted octanol–water partition coefficient (Wildman–Crippen LogP) is 1.45. The number of hydrogen-bond donors (Lipinski definition) is 2. The molecule has 0 aliphatic heterocycles. The van der Waals surface area contributed by atoms with E-state index in [1.54, 1.807) is 16.2 Å². The summed E-state index contributed by atoms with van der Waals surface area (Å²) in [7, 11) is 1.84. The lowest BCUT2D eigenvalue weighted by Crippen LogP contribution is -2.24. The van der Waals surface area contributed by atoms with Gasteiger partial charge in [-0.05, 0) is 27.2 Å². The van der Waals surface area contributed by atoms with Crippen LogP contribution in [0.1, 0.15) is 31.7 Å². The first-order valence-corrected chi connectivity index (χ1v) is 8.36. The van der Waals surface area contributed by atoms with Crippen LogP contribution in [-0.2, 0) is 18.4 Å². The van der Waals surface area contributed by atoms with Crippen LogP contribution in [-0.4, -0.2) is 35.7 Å². The van der Waals surface area contributed by atoms with E-state index in [-0.39, 0.29) is 16.8 Å². The fourth-order valence-corrected chi connectivity index (χ4v) is 3.09. The monoisotopic (exact) mass is 338 g/mol. The number of carbonyl (C=O) groups excluding carboxylic acids is 1. The van der Waals surface area contributed by atoms with Gasteiger partial charge in [0.25, 0.3) is 0 Å². The first-order valence-electron chi connectivity index (χ1n) is 7.48. The van der Waals surface area contributed by atoms with E-state index in [1.807, 2.05) is 27.8 Å². The number of hydrogen-bond acceptors (Lipinski definition) is 5. The second kappa shape index (κ2) is 7.03. The SMILES string of the molecule is CCCn1c(S[C@H](C)C(=O)Nc2c(C)nn(C)c2C)n[nH]c1=O. The molecule has 2 aromatic rings. The van der Waals surface area contributed by atoms with Gasteiger partial charge in [-0.3, -0.25) is 14.0 Å². The van der Waals surface area contributed by atoms with Crippen LogP contribution in [0.4, 0.5) is 5.69 Å². The fraction of sp³-hybridized carbons (Fsp3) is 0.571. The Morgan fingerprint density at radius 3 is 2.70 bits per heavy atom. The van der Waals surface area contributed by atoms with E-state index < -0.39 is 0 Å². The van der Waals surface area contributed by atoms with Gasteiger partial charge >= 0.3 is 5.69 Å². The van der Waals surface area contributed by atoms with Gasteiger partial charge < -0.3 is 5.32 Å². The molecule has 2 aromatic heterocycles. The molecule has 2 rings (SSSR count). The van der Waals surface area contributed by atoms with Crippen LogP contribution < -0.4 is 11.0 Å². The third-order valence-corrected chi connectivity index (χ3v) is 4.67. The molecule has 126 valence electrons. The molecular weight excluding hydrogens is 316 g/mol. The van der Waals surface area contributed by atoms with E-state index in [0.717, 1.165) is 23.5 Å². The summed E-state index contributed by atoms with van der Waals surface area (Å²) in [6.45, 7) is 8.11. The van der Waals surface area contributed by atoms with Crippen LogP contribution in [0.3, 0.4) is 0 Å². The van der Waals surface area contributed by atoms with E-state index in [9.17, 15) is 9.59 Å². The zero-order chi connectivity index (χ0) is 17.1. The molecule has 0 radical (unpaired) electrons. The maximum Gasteiger partial charge on any atom is 0.343 e. The van der Waals surface area contributed by atoms with Gasteiger partial charge in [-0.15, -0.1) is 5.10 Å². The summed E-state index contributed by atoms with van der Waals surface area (Å²) in [4.78, 5) is 24.1. The number of aromatic amines is 1. The van der Waals surface area contributed by atoms with Gasteiger partial charge in [0.1, 0.15) is 0 Å². The lowest BCUT2D eigenvalue weighted by atomic mass is 10.3. The maximum absolute atomic E-state index is 12.4. The number of carbonyl (C=O) groups is 1. The zero-order valence-electron chi connectivity index (χ0n) is 14.0. The maximum atomic E-state index is 12.4. The highest BCUT2D eigenvalue weighted by atomic mass is 32.2. The highest BCUT2D eigenvalue weighted by Gasteiger charge is 2.21. The topological polar surface area (TPSA) is 97.6 Å². The van der Waals surface area contributed by atoms with Crippen LogP contribution in [0, 0.1) is 13.8 Å². The molecule has 0 aliphatic rings. The van der Waals surface area contributed by atoms with Gasteiger partial charge in [0.05, 0.1) is 22.3 Å². The molecule has 0 unspecified atom stereocenters. The number of aromatic nitrogens is 5. The number of anilines is 1. The van der Waals surface area contributed by atoms with Crippen LogP contribution in [0.5, 0.6) is 0 Å². The largest absolute Gasteiger partial charge is 0.343 e. The lowest BCUT2D eigenvalue weighted by molar-refractivity contribution is -0.115. The van der Waals surface area contributed by atoms with Crippen molar-refractivity contribution in [3.8, 4) is 0 Å². The minimum atomic E-state index is -0.389. The number of aryl methyl sites for hydroxylation is 2. The van der Waals surface area contributed by atoms with Gasteiger partial charge in [-0.25, -0.2) is 9.89 Å². The molecule has 23 heavy (non-hydrogen) atoms. The molecule has 9 heteroatoms. The van der Waals surface area contributed by atoms with Crippen molar-refractivity contribution < 1.29 is 4.79 Å². The molecule has 2 N–H and O–H groups in total. The van der Waals surface area contributed by atoms with E-state index >= 15 is 0 Å². The van der Waals surface area contributed by atoms with Gasteiger partial charge in [0, 0.05) is 13.6 Å². The Kier molecular flexibility index (Phi) is 5.30.